The number of nitrogens with zero attached hydrogens (tertiary/aromatic N) is 2. The molecular weight excluding hydrogens is 467 g/mol. The number of benzene rings is 3. The molecule has 0 saturated heterocycles. The van der Waals surface area contributed by atoms with E-state index >= 15 is 0 Å². The first-order chi connectivity index (χ1) is 16.5. The molecule has 4 aromatic rings. The van der Waals surface area contributed by atoms with Gasteiger partial charge < -0.3 is 9.52 Å². The lowest BCUT2D eigenvalue weighted by atomic mass is 9.95. The molecule has 178 valence electrons. The molecule has 35 heavy (non-hydrogen) atoms. The third-order valence-electron chi connectivity index (χ3n) is 5.05. The molecule has 0 fully saturated rings. The van der Waals surface area contributed by atoms with Crippen molar-refractivity contribution < 1.29 is 32.4 Å². The lowest BCUT2D eigenvalue weighted by Crippen LogP contribution is -2.05. The lowest BCUT2D eigenvalue weighted by molar-refractivity contribution is -0.384. The first-order valence-corrected chi connectivity index (χ1v) is 10.1. The molecule has 0 atom stereocenters. The Kier molecular flexibility index (Phi) is 6.00. The number of halogens is 3. The third kappa shape index (κ3) is 4.83. The maximum atomic E-state index is 13.0. The normalized spacial score (nSPS) is 11.3. The molecule has 1 heterocycles. The number of non-ortho nitro benzene ring substituents is 1. The molecule has 0 saturated carbocycles. The van der Waals surface area contributed by atoms with Crippen LogP contribution in [0.15, 0.2) is 71.1 Å². The number of phenols is 1. The van der Waals surface area contributed by atoms with E-state index < -0.39 is 22.6 Å². The van der Waals surface area contributed by atoms with Crippen molar-refractivity contribution in [3.63, 3.8) is 0 Å². The number of anilines is 1. The number of carbonyl (C=O) groups excluding carboxylic acids is 1. The molecule has 0 unspecified atom stereocenters. The number of hydrogen-bond donors (Lipinski definition) is 2. The number of nitrogens with one attached hydrogen (secondary N) is 1. The van der Waals surface area contributed by atoms with Crippen molar-refractivity contribution in [1.29, 1.82) is 0 Å². The van der Waals surface area contributed by atoms with Crippen LogP contribution in [0.3, 0.4) is 0 Å². The Hall–Kier alpha value is -4.67. The molecule has 0 radical (unpaired) electrons. The average molecular weight is 483 g/mol. The van der Waals surface area contributed by atoms with E-state index in [1.165, 1.54) is 31.2 Å². The number of alkyl halides is 3. The summed E-state index contributed by atoms with van der Waals surface area (Å²) in [5.74, 6) is -0.718. The van der Waals surface area contributed by atoms with Crippen LogP contribution < -0.4 is 5.32 Å². The number of carbonyl (C=O) groups is 1. The van der Waals surface area contributed by atoms with Crippen molar-refractivity contribution in [2.75, 3.05) is 5.32 Å². The van der Waals surface area contributed by atoms with E-state index in [9.17, 15) is 33.2 Å². The molecule has 4 rings (SSSR count). The summed E-state index contributed by atoms with van der Waals surface area (Å²) >= 11 is 0. The molecule has 3 aromatic carbocycles. The minimum absolute atomic E-state index is 0.113. The van der Waals surface area contributed by atoms with E-state index in [4.69, 9.17) is 4.42 Å². The van der Waals surface area contributed by atoms with Gasteiger partial charge in [0.15, 0.2) is 5.76 Å². The summed E-state index contributed by atoms with van der Waals surface area (Å²) in [4.78, 5) is 26.2. The first kappa shape index (κ1) is 23.5. The monoisotopic (exact) mass is 483 g/mol. The van der Waals surface area contributed by atoms with Crippen LogP contribution in [0, 0.1) is 10.1 Å². The fraction of sp³-hybridized carbons (Fsp3) is 0.0833. The van der Waals surface area contributed by atoms with Crippen LogP contribution in [-0.4, -0.2) is 20.9 Å². The molecule has 0 aliphatic carbocycles. The van der Waals surface area contributed by atoms with Gasteiger partial charge in [-0.15, -0.1) is 0 Å². The number of amides is 1. The van der Waals surface area contributed by atoms with Gasteiger partial charge in [-0.25, -0.2) is 0 Å². The Morgan fingerprint density at radius 3 is 2.26 bits per heavy atom. The lowest BCUT2D eigenvalue weighted by Gasteiger charge is -2.11. The van der Waals surface area contributed by atoms with Crippen molar-refractivity contribution in [3.8, 4) is 39.5 Å². The van der Waals surface area contributed by atoms with Crippen LogP contribution in [0.1, 0.15) is 12.5 Å². The molecule has 0 aliphatic rings. The van der Waals surface area contributed by atoms with Crippen LogP contribution in [0.2, 0.25) is 0 Å². The van der Waals surface area contributed by atoms with Crippen molar-refractivity contribution in [1.82, 2.24) is 4.98 Å². The van der Waals surface area contributed by atoms with Gasteiger partial charge in [-0.3, -0.25) is 20.2 Å². The SMILES string of the molecule is CC(=O)Nc1nc(-c2ccc(C(F)(F)F)cc2)c(-c2ccccc2-c2ccc([N+](=O)[O-])cc2O)o1. The quantitative estimate of drug-likeness (QED) is 0.255. The summed E-state index contributed by atoms with van der Waals surface area (Å²) in [5.41, 5.74) is 0.343. The third-order valence-corrected chi connectivity index (χ3v) is 5.05. The fourth-order valence-corrected chi connectivity index (χ4v) is 3.50. The zero-order valence-corrected chi connectivity index (χ0v) is 18.0. The van der Waals surface area contributed by atoms with Crippen LogP contribution in [0.25, 0.3) is 33.7 Å². The van der Waals surface area contributed by atoms with Crippen LogP contribution >= 0.6 is 0 Å². The molecule has 0 aliphatic heterocycles. The number of hydrogen-bond acceptors (Lipinski definition) is 6. The smallest absolute Gasteiger partial charge is 0.416 e. The summed E-state index contributed by atoms with van der Waals surface area (Å²) in [7, 11) is 0. The van der Waals surface area contributed by atoms with Crippen molar-refractivity contribution in [3.05, 3.63) is 82.4 Å². The maximum Gasteiger partial charge on any atom is 0.416 e. The Labute approximate surface area is 195 Å². The van der Waals surface area contributed by atoms with Crippen LogP contribution in [0.4, 0.5) is 24.9 Å². The maximum absolute atomic E-state index is 13.0. The summed E-state index contributed by atoms with van der Waals surface area (Å²) < 4.78 is 44.8. The highest BCUT2D eigenvalue weighted by molar-refractivity contribution is 5.91. The predicted octanol–water partition coefficient (Wildman–Crippen LogP) is 6.27. The van der Waals surface area contributed by atoms with Crippen molar-refractivity contribution in [2.24, 2.45) is 0 Å². The number of aromatic nitrogens is 1. The number of phenolic OH excluding ortho intramolecular Hbond substituents is 1. The van der Waals surface area contributed by atoms with Crippen LogP contribution in [-0.2, 0) is 11.0 Å². The molecule has 11 heteroatoms. The van der Waals surface area contributed by atoms with E-state index in [-0.39, 0.29) is 40.0 Å². The van der Waals surface area contributed by atoms with Gasteiger partial charge in [-0.05, 0) is 23.8 Å². The summed E-state index contributed by atoms with van der Waals surface area (Å²) in [5, 5.41) is 23.9. The first-order valence-electron chi connectivity index (χ1n) is 10.1. The molecular formula is C24H16F3N3O5. The molecule has 1 amide bonds. The summed E-state index contributed by atoms with van der Waals surface area (Å²) in [6.07, 6.45) is -4.52. The van der Waals surface area contributed by atoms with Gasteiger partial charge >= 0.3 is 12.2 Å². The molecule has 1 aromatic heterocycles. The van der Waals surface area contributed by atoms with E-state index in [0.717, 1.165) is 18.2 Å². The number of nitro benzene ring substituents is 1. The second-order valence-corrected chi connectivity index (χ2v) is 7.46. The second-order valence-electron chi connectivity index (χ2n) is 7.46. The minimum atomic E-state index is -4.52. The zero-order valence-electron chi connectivity index (χ0n) is 18.0. The number of rotatable bonds is 5. The number of oxazole rings is 1. The van der Waals surface area contributed by atoms with E-state index in [1.807, 2.05) is 0 Å². The minimum Gasteiger partial charge on any atom is -0.507 e. The van der Waals surface area contributed by atoms with Crippen LogP contribution in [0.5, 0.6) is 5.75 Å². The average Bonchev–Trinajstić information content (AvgIpc) is 3.21. The van der Waals surface area contributed by atoms with Gasteiger partial charge in [-0.1, -0.05) is 36.4 Å². The standard InChI is InChI=1S/C24H16F3N3O5/c1-13(31)28-23-29-21(14-6-8-15(9-7-14)24(25,26)27)22(35-23)19-5-3-2-4-17(19)18-11-10-16(30(33)34)12-20(18)32/h2-12,32H,1H3,(H,28,29,31). The van der Waals surface area contributed by atoms with Gasteiger partial charge in [0.05, 0.1) is 16.6 Å². The number of aromatic hydroxyl groups is 1. The predicted molar refractivity (Wildman–Crippen MR) is 120 cm³/mol. The second kappa shape index (κ2) is 8.93. The summed E-state index contributed by atoms with van der Waals surface area (Å²) in [6.45, 7) is 1.24. The summed E-state index contributed by atoms with van der Waals surface area (Å²) in [6, 6.07) is 14.3. The van der Waals surface area contributed by atoms with Crippen molar-refractivity contribution >= 4 is 17.6 Å². The molecule has 8 nitrogen and oxygen atoms in total. The van der Waals surface area contributed by atoms with Gasteiger partial charge in [0.2, 0.25) is 5.91 Å². The highest BCUT2D eigenvalue weighted by Crippen LogP contribution is 2.43. The molecule has 0 bridgehead atoms. The largest absolute Gasteiger partial charge is 0.507 e. The van der Waals surface area contributed by atoms with E-state index in [2.05, 4.69) is 10.3 Å². The van der Waals surface area contributed by atoms with Gasteiger partial charge in [0.1, 0.15) is 11.4 Å². The number of nitro groups is 1. The highest BCUT2D eigenvalue weighted by atomic mass is 19.4. The zero-order chi connectivity index (χ0) is 25.3. The van der Waals surface area contributed by atoms with Gasteiger partial charge in [0, 0.05) is 29.7 Å². The highest BCUT2D eigenvalue weighted by Gasteiger charge is 2.30. The fourth-order valence-electron chi connectivity index (χ4n) is 3.50. The van der Waals surface area contributed by atoms with E-state index in [0.29, 0.717) is 11.1 Å². The Morgan fingerprint density at radius 1 is 1.03 bits per heavy atom. The Morgan fingerprint density at radius 2 is 1.69 bits per heavy atom. The molecule has 2 N–H and O–H groups in total. The Bertz CT molecular complexity index is 1430. The van der Waals surface area contributed by atoms with Gasteiger partial charge in [0.25, 0.3) is 5.69 Å². The topological polar surface area (TPSA) is 118 Å². The Balaban J connectivity index is 1.89. The van der Waals surface area contributed by atoms with Crippen molar-refractivity contribution in [2.45, 2.75) is 13.1 Å². The molecule has 0 spiro atoms. The van der Waals surface area contributed by atoms with Gasteiger partial charge in [-0.2, -0.15) is 18.2 Å². The van der Waals surface area contributed by atoms with E-state index in [1.54, 1.807) is 24.3 Å².